The van der Waals surface area contributed by atoms with Crippen molar-refractivity contribution in [1.82, 2.24) is 10.4 Å². The zero-order valence-electron chi connectivity index (χ0n) is 14.7. The van der Waals surface area contributed by atoms with Crippen LogP contribution in [-0.4, -0.2) is 37.7 Å². The molecule has 3 rings (SSSR count). The van der Waals surface area contributed by atoms with Gasteiger partial charge >= 0.3 is 0 Å². The fraction of sp³-hybridized carbons (Fsp3) is 0.389. The van der Waals surface area contributed by atoms with E-state index >= 15 is 0 Å². The minimum Gasteiger partial charge on any atom is -0.491 e. The van der Waals surface area contributed by atoms with Crippen LogP contribution in [-0.2, 0) is 4.84 Å². The zero-order chi connectivity index (χ0) is 18.5. The standard InChI is InChI=1S/C18H22F2N4O2/c1-13-10-14(11-23(2)22-13)6-5-9-25-16-8-4-3-7-15(16)24-12-21-18(26-24)17(19)20/h3-4,7-8,10-12,17-18,22H,5-6,9H2,1-2H3. The lowest BCUT2D eigenvalue weighted by Crippen LogP contribution is -2.30. The summed E-state index contributed by atoms with van der Waals surface area (Å²) in [6.45, 7) is 2.52. The second kappa shape index (κ2) is 8.18. The lowest BCUT2D eigenvalue weighted by molar-refractivity contribution is -0.0349. The van der Waals surface area contributed by atoms with Crippen LogP contribution in [0.15, 0.2) is 52.8 Å². The van der Waals surface area contributed by atoms with E-state index < -0.39 is 12.7 Å². The van der Waals surface area contributed by atoms with Gasteiger partial charge in [-0.2, -0.15) is 0 Å². The maximum atomic E-state index is 12.7. The molecule has 1 atom stereocenters. The first kappa shape index (κ1) is 18.2. The van der Waals surface area contributed by atoms with Crippen LogP contribution in [0.3, 0.4) is 0 Å². The molecule has 0 aromatic heterocycles. The van der Waals surface area contributed by atoms with E-state index in [-0.39, 0.29) is 0 Å². The van der Waals surface area contributed by atoms with E-state index in [4.69, 9.17) is 9.57 Å². The Hall–Kier alpha value is -2.61. The molecule has 0 spiro atoms. The molecular formula is C18H22F2N4O2. The van der Waals surface area contributed by atoms with Gasteiger partial charge in [0.05, 0.1) is 6.61 Å². The van der Waals surface area contributed by atoms with Crippen molar-refractivity contribution < 1.29 is 18.4 Å². The molecule has 0 bridgehead atoms. The number of halogens is 2. The van der Waals surface area contributed by atoms with Crippen LogP contribution in [0.25, 0.3) is 0 Å². The number of rotatable bonds is 7. The summed E-state index contributed by atoms with van der Waals surface area (Å²) in [7, 11) is 1.95. The Morgan fingerprint density at radius 3 is 2.88 bits per heavy atom. The molecule has 6 nitrogen and oxygen atoms in total. The highest BCUT2D eigenvalue weighted by Gasteiger charge is 2.29. The number of ether oxygens (including phenoxy) is 1. The van der Waals surface area contributed by atoms with Crippen LogP contribution in [0.2, 0.25) is 0 Å². The number of hydroxylamine groups is 1. The topological polar surface area (TPSA) is 49.3 Å². The highest BCUT2D eigenvalue weighted by atomic mass is 19.3. The van der Waals surface area contributed by atoms with Gasteiger partial charge in [-0.15, -0.1) is 0 Å². The first-order valence-corrected chi connectivity index (χ1v) is 8.40. The van der Waals surface area contributed by atoms with Gasteiger partial charge in [0.1, 0.15) is 17.8 Å². The number of hydrogen-bond acceptors (Lipinski definition) is 6. The van der Waals surface area contributed by atoms with Gasteiger partial charge in [-0.1, -0.05) is 12.1 Å². The number of aliphatic imine (C=N–C) groups is 1. The lowest BCUT2D eigenvalue weighted by Gasteiger charge is -2.23. The molecular weight excluding hydrogens is 342 g/mol. The van der Waals surface area contributed by atoms with Crippen LogP contribution in [0.5, 0.6) is 5.75 Å². The maximum Gasteiger partial charge on any atom is 0.286 e. The maximum absolute atomic E-state index is 12.7. The highest BCUT2D eigenvalue weighted by Crippen LogP contribution is 2.31. The van der Waals surface area contributed by atoms with Crippen LogP contribution < -0.4 is 15.2 Å². The van der Waals surface area contributed by atoms with Crippen molar-refractivity contribution in [2.24, 2.45) is 4.99 Å². The van der Waals surface area contributed by atoms with Crippen LogP contribution >= 0.6 is 0 Å². The van der Waals surface area contributed by atoms with Crippen molar-refractivity contribution in [2.75, 3.05) is 18.7 Å². The number of hydrogen-bond donors (Lipinski definition) is 1. The number of anilines is 1. The predicted octanol–water partition coefficient (Wildman–Crippen LogP) is 3.45. The summed E-state index contributed by atoms with van der Waals surface area (Å²) in [5, 5.41) is 3.15. The number of allylic oxidation sites excluding steroid dienone is 3. The van der Waals surface area contributed by atoms with Crippen molar-refractivity contribution in [1.29, 1.82) is 0 Å². The third kappa shape index (κ3) is 4.51. The molecule has 0 amide bonds. The molecule has 0 aliphatic carbocycles. The van der Waals surface area contributed by atoms with Gasteiger partial charge in [0, 0.05) is 18.9 Å². The van der Waals surface area contributed by atoms with Crippen molar-refractivity contribution in [3.05, 3.63) is 47.8 Å². The summed E-state index contributed by atoms with van der Waals surface area (Å²) in [5.41, 5.74) is 6.04. The first-order valence-electron chi connectivity index (χ1n) is 8.40. The number of hydrazine groups is 1. The largest absolute Gasteiger partial charge is 0.491 e. The number of nitrogens with zero attached hydrogens (tertiary/aromatic N) is 3. The van der Waals surface area contributed by atoms with E-state index in [2.05, 4.69) is 16.5 Å². The van der Waals surface area contributed by atoms with E-state index in [9.17, 15) is 8.78 Å². The highest BCUT2D eigenvalue weighted by molar-refractivity contribution is 5.80. The van der Waals surface area contributed by atoms with E-state index in [1.807, 2.05) is 31.2 Å². The van der Waals surface area contributed by atoms with Crippen molar-refractivity contribution in [3.8, 4) is 5.75 Å². The number of para-hydroxylation sites is 2. The molecule has 0 radical (unpaired) electrons. The summed E-state index contributed by atoms with van der Waals surface area (Å²) < 4.78 is 31.2. The fourth-order valence-corrected chi connectivity index (χ4v) is 2.79. The SMILES string of the molecule is CC1=CC(CCCOc2ccccc2N2C=NC(C(F)F)O2)=CN(C)N1. The van der Waals surface area contributed by atoms with Gasteiger partial charge in [-0.25, -0.2) is 23.7 Å². The Labute approximate surface area is 151 Å². The Morgan fingerprint density at radius 1 is 1.35 bits per heavy atom. The molecule has 2 aliphatic heterocycles. The average molecular weight is 364 g/mol. The minimum atomic E-state index is -2.67. The van der Waals surface area contributed by atoms with E-state index in [0.717, 1.165) is 18.5 Å². The van der Waals surface area contributed by atoms with Crippen LogP contribution in [0, 0.1) is 0 Å². The fourth-order valence-electron chi connectivity index (χ4n) is 2.79. The predicted molar refractivity (Wildman–Crippen MR) is 95.8 cm³/mol. The molecule has 2 heterocycles. The monoisotopic (exact) mass is 364 g/mol. The van der Waals surface area contributed by atoms with Gasteiger partial charge < -0.3 is 10.2 Å². The van der Waals surface area contributed by atoms with Gasteiger partial charge in [-0.05, 0) is 43.5 Å². The second-order valence-electron chi connectivity index (χ2n) is 6.09. The summed E-state index contributed by atoms with van der Waals surface area (Å²) >= 11 is 0. The molecule has 0 fully saturated rings. The van der Waals surface area contributed by atoms with Gasteiger partial charge in [0.15, 0.2) is 0 Å². The van der Waals surface area contributed by atoms with Gasteiger partial charge in [0.25, 0.3) is 6.43 Å². The molecule has 0 saturated carbocycles. The van der Waals surface area contributed by atoms with Crippen molar-refractivity contribution >= 4 is 12.0 Å². The first-order chi connectivity index (χ1) is 12.5. The molecule has 2 aliphatic rings. The summed E-state index contributed by atoms with van der Waals surface area (Å²) in [6.07, 6.45) is 2.96. The third-order valence-electron chi connectivity index (χ3n) is 3.84. The van der Waals surface area contributed by atoms with E-state index in [0.29, 0.717) is 18.0 Å². The minimum absolute atomic E-state index is 0.502. The van der Waals surface area contributed by atoms with Gasteiger partial charge in [-0.3, -0.25) is 5.01 Å². The third-order valence-corrected chi connectivity index (χ3v) is 3.84. The van der Waals surface area contributed by atoms with Crippen molar-refractivity contribution in [3.63, 3.8) is 0 Å². The number of benzene rings is 1. The van der Waals surface area contributed by atoms with Crippen LogP contribution in [0.4, 0.5) is 14.5 Å². The molecule has 1 unspecified atom stereocenters. The smallest absolute Gasteiger partial charge is 0.286 e. The van der Waals surface area contributed by atoms with E-state index in [1.165, 1.54) is 17.0 Å². The summed E-state index contributed by atoms with van der Waals surface area (Å²) in [4.78, 5) is 8.78. The summed E-state index contributed by atoms with van der Waals surface area (Å²) in [5.74, 6) is 0.567. The molecule has 1 aromatic carbocycles. The normalized spacial score (nSPS) is 19.5. The second-order valence-corrected chi connectivity index (χ2v) is 6.09. The Morgan fingerprint density at radius 2 is 2.15 bits per heavy atom. The average Bonchev–Trinajstić information content (AvgIpc) is 3.08. The number of nitrogens with one attached hydrogen (secondary N) is 1. The zero-order valence-corrected chi connectivity index (χ0v) is 14.7. The molecule has 26 heavy (non-hydrogen) atoms. The molecule has 140 valence electrons. The molecule has 0 saturated heterocycles. The lowest BCUT2D eigenvalue weighted by atomic mass is 10.1. The molecule has 8 heteroatoms. The Kier molecular flexibility index (Phi) is 5.72. The molecule has 1 aromatic rings. The summed E-state index contributed by atoms with van der Waals surface area (Å²) in [6, 6.07) is 7.14. The Bertz CT molecular complexity index is 721. The van der Waals surface area contributed by atoms with Gasteiger partial charge in [0.2, 0.25) is 6.23 Å². The Balaban J connectivity index is 1.54. The van der Waals surface area contributed by atoms with Crippen molar-refractivity contribution in [2.45, 2.75) is 32.4 Å². The molecule has 1 N–H and O–H groups in total. The number of alkyl halides is 2. The van der Waals surface area contributed by atoms with E-state index in [1.54, 1.807) is 18.2 Å². The van der Waals surface area contributed by atoms with Crippen LogP contribution in [0.1, 0.15) is 19.8 Å². The quantitative estimate of drug-likeness (QED) is 0.751.